The van der Waals surface area contributed by atoms with Gasteiger partial charge in [0.25, 0.3) is 0 Å². The van der Waals surface area contributed by atoms with Gasteiger partial charge in [-0.15, -0.1) is 0 Å². The highest BCUT2D eigenvalue weighted by Gasteiger charge is 2.27. The topological polar surface area (TPSA) is 20.2 Å². The summed E-state index contributed by atoms with van der Waals surface area (Å²) >= 11 is 0. The van der Waals surface area contributed by atoms with E-state index >= 15 is 0 Å². The van der Waals surface area contributed by atoms with Gasteiger partial charge in [-0.05, 0) is 46.6 Å². The predicted octanol–water partition coefficient (Wildman–Crippen LogP) is 4.30. The van der Waals surface area contributed by atoms with Crippen molar-refractivity contribution in [2.75, 3.05) is 0 Å². The maximum absolute atomic E-state index is 9.75. The largest absolute Gasteiger partial charge is 0.508 e. The first-order valence-electron chi connectivity index (χ1n) is 5.88. The summed E-state index contributed by atoms with van der Waals surface area (Å²) in [6, 6.07) is 3.77. The highest BCUT2D eigenvalue weighted by molar-refractivity contribution is 5.47. The number of phenolic OH excluding ortho intramolecular Hbond substituents is 1. The van der Waals surface area contributed by atoms with Crippen LogP contribution in [0.25, 0.3) is 0 Å². The molecule has 0 aliphatic rings. The van der Waals surface area contributed by atoms with E-state index in [4.69, 9.17) is 0 Å². The van der Waals surface area contributed by atoms with Gasteiger partial charge in [0.1, 0.15) is 5.75 Å². The van der Waals surface area contributed by atoms with Crippen molar-refractivity contribution < 1.29 is 5.11 Å². The van der Waals surface area contributed by atoms with E-state index in [0.29, 0.717) is 5.75 Å². The molecular formula is C15H24O. The fourth-order valence-corrected chi connectivity index (χ4v) is 2.36. The van der Waals surface area contributed by atoms with Crippen LogP contribution in [-0.2, 0) is 10.8 Å². The number of aryl methyl sites for hydroxylation is 1. The van der Waals surface area contributed by atoms with Gasteiger partial charge in [0.2, 0.25) is 0 Å². The molecule has 0 heterocycles. The van der Waals surface area contributed by atoms with Gasteiger partial charge in [0.05, 0.1) is 0 Å². The van der Waals surface area contributed by atoms with Crippen molar-refractivity contribution in [3.63, 3.8) is 0 Å². The summed E-state index contributed by atoms with van der Waals surface area (Å²) in [4.78, 5) is 0. The zero-order valence-electron chi connectivity index (χ0n) is 11.6. The summed E-state index contributed by atoms with van der Waals surface area (Å²) in [5, 5.41) is 9.75. The number of rotatable bonds is 0. The molecule has 0 saturated carbocycles. The Bertz CT molecular complexity index is 389. The molecule has 1 N–H and O–H groups in total. The van der Waals surface area contributed by atoms with Crippen LogP contribution >= 0.6 is 0 Å². The molecule has 0 aliphatic heterocycles. The summed E-state index contributed by atoms with van der Waals surface area (Å²) in [5.74, 6) is 0.371. The normalized spacial score (nSPS) is 12.9. The Balaban J connectivity index is 3.58. The average Bonchev–Trinajstić information content (AvgIpc) is 1.97. The van der Waals surface area contributed by atoms with Crippen molar-refractivity contribution in [3.05, 3.63) is 28.8 Å². The molecule has 0 amide bonds. The smallest absolute Gasteiger partial charge is 0.116 e. The van der Waals surface area contributed by atoms with Gasteiger partial charge in [0.15, 0.2) is 0 Å². The molecule has 0 bridgehead atoms. The molecule has 90 valence electrons. The first kappa shape index (κ1) is 13.1. The third-order valence-electron chi connectivity index (χ3n) is 2.88. The van der Waals surface area contributed by atoms with E-state index < -0.39 is 0 Å². The molecule has 1 rings (SSSR count). The molecule has 0 aliphatic carbocycles. The third-order valence-corrected chi connectivity index (χ3v) is 2.88. The van der Waals surface area contributed by atoms with Crippen LogP contribution in [0.1, 0.15) is 58.2 Å². The Kier molecular flexibility index (Phi) is 3.11. The summed E-state index contributed by atoms with van der Waals surface area (Å²) in [6.45, 7) is 15.3. The zero-order valence-corrected chi connectivity index (χ0v) is 11.6. The second kappa shape index (κ2) is 3.80. The summed E-state index contributed by atoms with van der Waals surface area (Å²) in [5.41, 5.74) is 3.96. The molecule has 1 aromatic carbocycles. The number of phenols is 1. The Hall–Kier alpha value is -0.980. The first-order valence-corrected chi connectivity index (χ1v) is 5.88. The Morgan fingerprint density at radius 1 is 0.875 bits per heavy atom. The predicted molar refractivity (Wildman–Crippen MR) is 70.2 cm³/mol. The van der Waals surface area contributed by atoms with Crippen molar-refractivity contribution in [1.29, 1.82) is 0 Å². The molecule has 1 aromatic rings. The maximum atomic E-state index is 9.75. The second-order valence-electron chi connectivity index (χ2n) is 6.69. The van der Waals surface area contributed by atoms with Gasteiger partial charge in [-0.3, -0.25) is 0 Å². The lowest BCUT2D eigenvalue weighted by Gasteiger charge is -2.32. The van der Waals surface area contributed by atoms with E-state index in [0.717, 1.165) is 0 Å². The van der Waals surface area contributed by atoms with Crippen LogP contribution in [0.2, 0.25) is 0 Å². The molecule has 1 heteroatoms. The van der Waals surface area contributed by atoms with Gasteiger partial charge < -0.3 is 5.11 Å². The highest BCUT2D eigenvalue weighted by Crippen LogP contribution is 2.38. The van der Waals surface area contributed by atoms with Crippen molar-refractivity contribution in [2.24, 2.45) is 0 Å². The molecule has 1 nitrogen and oxygen atoms in total. The van der Waals surface area contributed by atoms with E-state index in [1.54, 1.807) is 0 Å². The zero-order chi connectivity index (χ0) is 12.7. The number of hydrogen-bond acceptors (Lipinski definition) is 1. The van der Waals surface area contributed by atoms with Crippen LogP contribution in [0, 0.1) is 6.92 Å². The van der Waals surface area contributed by atoms with Gasteiger partial charge in [-0.25, -0.2) is 0 Å². The molecule has 16 heavy (non-hydrogen) atoms. The molecule has 0 aromatic heterocycles. The number of aromatic hydroxyl groups is 1. The van der Waals surface area contributed by atoms with Gasteiger partial charge in [0, 0.05) is 0 Å². The molecule has 0 spiro atoms. The number of benzene rings is 1. The molecule has 0 fully saturated rings. The SMILES string of the molecule is Cc1cc(O)cc(C(C)(C)C)c1C(C)(C)C. The first-order chi connectivity index (χ1) is 7.03. The van der Waals surface area contributed by atoms with Crippen LogP contribution in [0.4, 0.5) is 0 Å². The monoisotopic (exact) mass is 220 g/mol. The van der Waals surface area contributed by atoms with Gasteiger partial charge in [-0.1, -0.05) is 41.5 Å². The third kappa shape index (κ3) is 2.58. The van der Waals surface area contributed by atoms with Crippen molar-refractivity contribution in [3.8, 4) is 5.75 Å². The maximum Gasteiger partial charge on any atom is 0.116 e. The van der Waals surface area contributed by atoms with E-state index in [-0.39, 0.29) is 10.8 Å². The second-order valence-corrected chi connectivity index (χ2v) is 6.69. The van der Waals surface area contributed by atoms with Crippen molar-refractivity contribution in [1.82, 2.24) is 0 Å². The highest BCUT2D eigenvalue weighted by atomic mass is 16.3. The van der Waals surface area contributed by atoms with Gasteiger partial charge in [-0.2, -0.15) is 0 Å². The lowest BCUT2D eigenvalue weighted by atomic mass is 9.73. The fourth-order valence-electron chi connectivity index (χ4n) is 2.36. The minimum atomic E-state index is 0.0616. The van der Waals surface area contributed by atoms with Crippen LogP contribution in [0.3, 0.4) is 0 Å². The summed E-state index contributed by atoms with van der Waals surface area (Å²) < 4.78 is 0. The Labute approximate surface area is 99.5 Å². The summed E-state index contributed by atoms with van der Waals surface area (Å²) in [7, 11) is 0. The van der Waals surface area contributed by atoms with Crippen molar-refractivity contribution in [2.45, 2.75) is 59.3 Å². The van der Waals surface area contributed by atoms with E-state index in [2.05, 4.69) is 48.5 Å². The van der Waals surface area contributed by atoms with Gasteiger partial charge >= 0.3 is 0 Å². The molecular weight excluding hydrogens is 196 g/mol. The lowest BCUT2D eigenvalue weighted by molar-refractivity contribution is 0.465. The van der Waals surface area contributed by atoms with E-state index in [9.17, 15) is 5.11 Å². The van der Waals surface area contributed by atoms with Crippen LogP contribution < -0.4 is 0 Å². The van der Waals surface area contributed by atoms with Crippen molar-refractivity contribution >= 4 is 0 Å². The Morgan fingerprint density at radius 3 is 1.75 bits per heavy atom. The quantitative estimate of drug-likeness (QED) is 0.691. The molecule has 0 saturated heterocycles. The molecule has 0 atom stereocenters. The standard InChI is InChI=1S/C15H24O/c1-10-8-11(16)9-12(14(2,3)4)13(10)15(5,6)7/h8-9,16H,1-7H3. The average molecular weight is 220 g/mol. The van der Waals surface area contributed by atoms with Crippen LogP contribution in [0.5, 0.6) is 5.75 Å². The Morgan fingerprint density at radius 2 is 1.38 bits per heavy atom. The minimum Gasteiger partial charge on any atom is -0.508 e. The number of hydrogen-bond donors (Lipinski definition) is 1. The lowest BCUT2D eigenvalue weighted by Crippen LogP contribution is -2.23. The summed E-state index contributed by atoms with van der Waals surface area (Å²) in [6.07, 6.45) is 0. The molecule has 0 unspecified atom stereocenters. The minimum absolute atomic E-state index is 0.0616. The van der Waals surface area contributed by atoms with Crippen LogP contribution in [0.15, 0.2) is 12.1 Å². The van der Waals surface area contributed by atoms with Crippen LogP contribution in [-0.4, -0.2) is 5.11 Å². The fraction of sp³-hybridized carbons (Fsp3) is 0.600. The molecule has 0 radical (unpaired) electrons. The van der Waals surface area contributed by atoms with E-state index in [1.807, 2.05) is 12.1 Å². The van der Waals surface area contributed by atoms with E-state index in [1.165, 1.54) is 16.7 Å².